The molecule has 1 aromatic heterocycles. The lowest BCUT2D eigenvalue weighted by atomic mass is 10.2. The van der Waals surface area contributed by atoms with Crippen molar-refractivity contribution in [2.45, 2.75) is 37.9 Å². The molecule has 0 radical (unpaired) electrons. The van der Waals surface area contributed by atoms with Crippen LogP contribution in [0.1, 0.15) is 41.5 Å². The Balaban J connectivity index is 1.77. The Kier molecular flexibility index (Phi) is 7.13. The summed E-state index contributed by atoms with van der Waals surface area (Å²) in [6.45, 7) is 2.62. The average Bonchev–Trinajstić information content (AvgIpc) is 3.12. The van der Waals surface area contributed by atoms with Gasteiger partial charge in [0, 0.05) is 24.1 Å². The van der Waals surface area contributed by atoms with Crippen LogP contribution in [-0.4, -0.2) is 31.2 Å². The van der Waals surface area contributed by atoms with Crippen molar-refractivity contribution in [1.82, 2.24) is 14.8 Å². The maximum atomic E-state index is 12.4. The minimum absolute atomic E-state index is 0.0376. The van der Waals surface area contributed by atoms with Crippen LogP contribution in [0.25, 0.3) is 0 Å². The standard InChI is InChI=1S/C21H22N4O3S/c1-2-3-9-20-22-23-21(29-15-19(26)17-7-5-4-6-8-17)24(20)14-16-10-12-18(13-11-16)25(27)28/h4-8,10-13H,2-3,9,14-15H2,1H3. The molecular formula is C21H22N4O3S. The first-order valence-electron chi connectivity index (χ1n) is 9.45. The summed E-state index contributed by atoms with van der Waals surface area (Å²) in [7, 11) is 0. The van der Waals surface area contributed by atoms with Crippen molar-refractivity contribution in [2.75, 3.05) is 5.75 Å². The van der Waals surface area contributed by atoms with Crippen molar-refractivity contribution in [3.8, 4) is 0 Å². The quantitative estimate of drug-likeness (QED) is 0.211. The summed E-state index contributed by atoms with van der Waals surface area (Å²) in [6.07, 6.45) is 2.83. The van der Waals surface area contributed by atoms with Gasteiger partial charge in [0.1, 0.15) is 5.82 Å². The van der Waals surface area contributed by atoms with E-state index in [9.17, 15) is 14.9 Å². The van der Waals surface area contributed by atoms with Gasteiger partial charge in [-0.1, -0.05) is 67.6 Å². The van der Waals surface area contributed by atoms with Crippen molar-refractivity contribution < 1.29 is 9.72 Å². The number of thioether (sulfide) groups is 1. The van der Waals surface area contributed by atoms with Gasteiger partial charge < -0.3 is 4.57 Å². The van der Waals surface area contributed by atoms with Gasteiger partial charge in [0.25, 0.3) is 5.69 Å². The molecule has 0 fully saturated rings. The summed E-state index contributed by atoms with van der Waals surface area (Å²) >= 11 is 1.36. The molecular weight excluding hydrogens is 388 g/mol. The molecule has 7 nitrogen and oxygen atoms in total. The summed E-state index contributed by atoms with van der Waals surface area (Å²) in [5.74, 6) is 1.17. The number of ketones is 1. The number of non-ortho nitro benzene ring substituents is 1. The second-order valence-electron chi connectivity index (χ2n) is 6.59. The maximum Gasteiger partial charge on any atom is 0.269 e. The smallest absolute Gasteiger partial charge is 0.269 e. The summed E-state index contributed by atoms with van der Waals surface area (Å²) in [4.78, 5) is 22.9. The van der Waals surface area contributed by atoms with Crippen molar-refractivity contribution in [1.29, 1.82) is 0 Å². The SMILES string of the molecule is CCCCc1nnc(SCC(=O)c2ccccc2)n1Cc1ccc([N+](=O)[O-])cc1. The highest BCUT2D eigenvalue weighted by atomic mass is 32.2. The fourth-order valence-electron chi connectivity index (χ4n) is 2.85. The van der Waals surface area contributed by atoms with Crippen molar-refractivity contribution in [3.05, 3.63) is 81.7 Å². The van der Waals surface area contributed by atoms with E-state index in [1.807, 2.05) is 22.8 Å². The van der Waals surface area contributed by atoms with E-state index in [0.29, 0.717) is 17.3 Å². The summed E-state index contributed by atoms with van der Waals surface area (Å²) in [5, 5.41) is 20.2. The molecule has 0 saturated heterocycles. The van der Waals surface area contributed by atoms with E-state index in [0.717, 1.165) is 30.7 Å². The van der Waals surface area contributed by atoms with Gasteiger partial charge in [-0.25, -0.2) is 0 Å². The number of nitrogens with zero attached hydrogens (tertiary/aromatic N) is 4. The summed E-state index contributed by atoms with van der Waals surface area (Å²) in [5.41, 5.74) is 1.66. The zero-order chi connectivity index (χ0) is 20.6. The van der Waals surface area contributed by atoms with E-state index < -0.39 is 4.92 Å². The number of aromatic nitrogens is 3. The van der Waals surface area contributed by atoms with Crippen LogP contribution < -0.4 is 0 Å². The monoisotopic (exact) mass is 410 g/mol. The molecule has 0 saturated carbocycles. The third-order valence-corrected chi connectivity index (χ3v) is 5.43. The topological polar surface area (TPSA) is 90.9 Å². The van der Waals surface area contributed by atoms with Gasteiger partial charge in [0.2, 0.25) is 0 Å². The molecule has 0 bridgehead atoms. The lowest BCUT2D eigenvalue weighted by Crippen LogP contribution is -2.09. The van der Waals surface area contributed by atoms with Gasteiger partial charge in [0.05, 0.1) is 17.2 Å². The maximum absolute atomic E-state index is 12.4. The molecule has 3 rings (SSSR count). The Morgan fingerprint density at radius 1 is 1.10 bits per heavy atom. The van der Waals surface area contributed by atoms with Crippen LogP contribution in [0.15, 0.2) is 59.8 Å². The van der Waals surface area contributed by atoms with Crippen molar-refractivity contribution in [3.63, 3.8) is 0 Å². The van der Waals surface area contributed by atoms with Gasteiger partial charge in [-0.15, -0.1) is 10.2 Å². The molecule has 29 heavy (non-hydrogen) atoms. The molecule has 3 aromatic rings. The van der Waals surface area contributed by atoms with Gasteiger partial charge in [0.15, 0.2) is 10.9 Å². The largest absolute Gasteiger partial charge is 0.302 e. The number of unbranched alkanes of at least 4 members (excludes halogenated alkanes) is 1. The number of aryl methyl sites for hydroxylation is 1. The number of nitro benzene ring substituents is 1. The van der Waals surface area contributed by atoms with E-state index in [-0.39, 0.29) is 17.2 Å². The van der Waals surface area contributed by atoms with E-state index in [1.54, 1.807) is 24.3 Å². The summed E-state index contributed by atoms with van der Waals surface area (Å²) in [6, 6.07) is 15.7. The molecule has 0 aliphatic carbocycles. The van der Waals surface area contributed by atoms with Crippen molar-refractivity contribution >= 4 is 23.2 Å². The normalized spacial score (nSPS) is 10.8. The third-order valence-electron chi connectivity index (χ3n) is 4.46. The zero-order valence-corrected chi connectivity index (χ0v) is 17.0. The van der Waals surface area contributed by atoms with Gasteiger partial charge >= 0.3 is 0 Å². The van der Waals surface area contributed by atoms with E-state index in [4.69, 9.17) is 0 Å². The fraction of sp³-hybridized carbons (Fsp3) is 0.286. The Morgan fingerprint density at radius 3 is 2.48 bits per heavy atom. The van der Waals surface area contributed by atoms with Gasteiger partial charge in [-0.05, 0) is 12.0 Å². The van der Waals surface area contributed by atoms with Crippen LogP contribution in [0.3, 0.4) is 0 Å². The molecule has 8 heteroatoms. The number of carbonyl (C=O) groups excluding carboxylic acids is 1. The van der Waals surface area contributed by atoms with Crippen LogP contribution in [0.5, 0.6) is 0 Å². The van der Waals surface area contributed by atoms with Crippen molar-refractivity contribution in [2.24, 2.45) is 0 Å². The first kappa shape index (κ1) is 20.7. The van der Waals surface area contributed by atoms with E-state index >= 15 is 0 Å². The third kappa shape index (κ3) is 5.51. The molecule has 150 valence electrons. The Labute approximate surface area is 173 Å². The zero-order valence-electron chi connectivity index (χ0n) is 16.2. The molecule has 1 heterocycles. The predicted octanol–water partition coefficient (Wildman–Crippen LogP) is 4.55. The van der Waals surface area contributed by atoms with Gasteiger partial charge in [-0.2, -0.15) is 0 Å². The highest BCUT2D eigenvalue weighted by Gasteiger charge is 2.16. The molecule has 0 unspecified atom stereocenters. The van der Waals surface area contributed by atoms with Crippen LogP contribution in [-0.2, 0) is 13.0 Å². The van der Waals surface area contributed by atoms with E-state index in [2.05, 4.69) is 17.1 Å². The Morgan fingerprint density at radius 2 is 1.83 bits per heavy atom. The minimum atomic E-state index is -0.411. The molecule has 0 N–H and O–H groups in total. The lowest BCUT2D eigenvalue weighted by Gasteiger charge is -2.10. The van der Waals surface area contributed by atoms with Crippen LogP contribution >= 0.6 is 11.8 Å². The number of hydrogen-bond acceptors (Lipinski definition) is 6. The average molecular weight is 410 g/mol. The number of hydrogen-bond donors (Lipinski definition) is 0. The van der Waals surface area contributed by atoms with Crippen LogP contribution in [0.4, 0.5) is 5.69 Å². The molecule has 0 amide bonds. The summed E-state index contributed by atoms with van der Waals surface area (Å²) < 4.78 is 2.00. The second-order valence-corrected chi connectivity index (χ2v) is 7.53. The molecule has 0 aliphatic heterocycles. The molecule has 0 spiro atoms. The van der Waals surface area contributed by atoms with E-state index in [1.165, 1.54) is 23.9 Å². The lowest BCUT2D eigenvalue weighted by molar-refractivity contribution is -0.384. The molecule has 0 atom stereocenters. The highest BCUT2D eigenvalue weighted by Crippen LogP contribution is 2.22. The number of rotatable bonds is 10. The highest BCUT2D eigenvalue weighted by molar-refractivity contribution is 7.99. The second kappa shape index (κ2) is 9.97. The molecule has 2 aromatic carbocycles. The Hall–Kier alpha value is -3.00. The molecule has 0 aliphatic rings. The first-order chi connectivity index (χ1) is 14.1. The van der Waals surface area contributed by atoms with Crippen LogP contribution in [0, 0.1) is 10.1 Å². The number of carbonyl (C=O) groups is 1. The Bertz CT molecular complexity index is 971. The van der Waals surface area contributed by atoms with Crippen LogP contribution in [0.2, 0.25) is 0 Å². The number of nitro groups is 1. The minimum Gasteiger partial charge on any atom is -0.302 e. The first-order valence-corrected chi connectivity index (χ1v) is 10.4. The number of Topliss-reactive ketones (excluding diaryl/α,β-unsaturated/α-hetero) is 1. The number of benzene rings is 2. The predicted molar refractivity (Wildman–Crippen MR) is 112 cm³/mol. The fourth-order valence-corrected chi connectivity index (χ4v) is 3.70. The van der Waals surface area contributed by atoms with Gasteiger partial charge in [-0.3, -0.25) is 14.9 Å².